The highest BCUT2D eigenvalue weighted by molar-refractivity contribution is 5.07. The lowest BCUT2D eigenvalue weighted by Gasteiger charge is -2.30. The average molecular weight is 287 g/mol. The van der Waals surface area contributed by atoms with E-state index in [1.807, 2.05) is 0 Å². The Bertz CT molecular complexity index is 374. The van der Waals surface area contributed by atoms with E-state index in [1.54, 1.807) is 0 Å². The van der Waals surface area contributed by atoms with Crippen LogP contribution in [0.25, 0.3) is 0 Å². The van der Waals surface area contributed by atoms with E-state index in [0.717, 1.165) is 12.4 Å². The molecular weight excluding hydrogens is 276 g/mol. The first-order chi connectivity index (χ1) is 8.68. The average Bonchev–Trinajstić information content (AvgIpc) is 2.26. The Morgan fingerprint density at radius 3 is 2.05 bits per heavy atom. The van der Waals surface area contributed by atoms with Crippen LogP contribution < -0.4 is 5.32 Å². The normalized spacial score (nSPS) is 14.7. The molecule has 0 saturated heterocycles. The molecule has 0 aliphatic rings. The fraction of sp³-hybridized carbons (Fsp3) is 0.600. The Morgan fingerprint density at radius 1 is 1.11 bits per heavy atom. The maximum Gasteiger partial charge on any atom is 0.402 e. The topological polar surface area (TPSA) is 37.8 Å². The second-order valence-corrected chi connectivity index (χ2v) is 3.73. The van der Waals surface area contributed by atoms with Crippen molar-refractivity contribution in [3.05, 3.63) is 24.3 Å². The van der Waals surface area contributed by atoms with Crippen molar-refractivity contribution in [3.63, 3.8) is 0 Å². The zero-order valence-electron chi connectivity index (χ0n) is 9.76. The number of aromatic nitrogens is 2. The molecule has 0 radical (unpaired) electrons. The first-order valence-corrected chi connectivity index (χ1v) is 5.30. The van der Waals surface area contributed by atoms with Crippen molar-refractivity contribution < 1.29 is 26.3 Å². The molecular formula is C10H11F6N3. The molecule has 19 heavy (non-hydrogen) atoms. The van der Waals surface area contributed by atoms with Gasteiger partial charge < -0.3 is 5.32 Å². The van der Waals surface area contributed by atoms with Crippen LogP contribution in [0.4, 0.5) is 26.3 Å². The summed E-state index contributed by atoms with van der Waals surface area (Å²) in [6.45, 7) is 1.34. The third kappa shape index (κ3) is 4.05. The smallest absolute Gasteiger partial charge is 0.308 e. The summed E-state index contributed by atoms with van der Waals surface area (Å²) in [6.07, 6.45) is -7.75. The van der Waals surface area contributed by atoms with Crippen LogP contribution in [0, 0.1) is 5.92 Å². The van der Waals surface area contributed by atoms with Crippen molar-refractivity contribution in [3.8, 4) is 0 Å². The standard InChI is InChI=1S/C10H11F6N3/c1-2-18-7(6-5-17-3-4-19-6)8(9(11,12)13)10(14,15)16/h3-5,7-8,18H,2H2,1H3. The second kappa shape index (κ2) is 5.72. The highest BCUT2D eigenvalue weighted by Gasteiger charge is 2.60. The molecule has 0 spiro atoms. The predicted molar refractivity (Wildman–Crippen MR) is 54.0 cm³/mol. The van der Waals surface area contributed by atoms with E-state index in [1.165, 1.54) is 13.1 Å². The maximum atomic E-state index is 12.7. The molecule has 1 aromatic heterocycles. The number of alkyl halides is 6. The van der Waals surface area contributed by atoms with Crippen LogP contribution in [-0.4, -0.2) is 28.9 Å². The van der Waals surface area contributed by atoms with Gasteiger partial charge in [-0.1, -0.05) is 6.92 Å². The SMILES string of the molecule is CCNC(c1cnccn1)C(C(F)(F)F)C(F)(F)F. The minimum atomic E-state index is -5.43. The van der Waals surface area contributed by atoms with Crippen LogP contribution in [0.2, 0.25) is 0 Å². The first-order valence-electron chi connectivity index (χ1n) is 5.30. The molecule has 0 bridgehead atoms. The lowest BCUT2D eigenvalue weighted by Crippen LogP contribution is -2.46. The van der Waals surface area contributed by atoms with Crippen LogP contribution in [0.1, 0.15) is 18.7 Å². The van der Waals surface area contributed by atoms with Gasteiger partial charge in [-0.3, -0.25) is 9.97 Å². The monoisotopic (exact) mass is 287 g/mol. The minimum Gasteiger partial charge on any atom is -0.308 e. The van der Waals surface area contributed by atoms with Gasteiger partial charge >= 0.3 is 12.4 Å². The number of hydrogen-bond donors (Lipinski definition) is 1. The third-order valence-corrected chi connectivity index (χ3v) is 2.36. The molecule has 1 aromatic rings. The van der Waals surface area contributed by atoms with E-state index >= 15 is 0 Å². The van der Waals surface area contributed by atoms with Gasteiger partial charge in [0.15, 0.2) is 5.92 Å². The molecule has 108 valence electrons. The predicted octanol–water partition coefficient (Wildman–Crippen LogP) is 2.87. The zero-order chi connectivity index (χ0) is 14.7. The molecule has 9 heteroatoms. The molecule has 0 aromatic carbocycles. The summed E-state index contributed by atoms with van der Waals surface area (Å²) in [5.41, 5.74) is -0.399. The summed E-state index contributed by atoms with van der Waals surface area (Å²) in [5, 5.41) is 2.17. The molecule has 0 saturated carbocycles. The Labute approximate surface area is 105 Å². The van der Waals surface area contributed by atoms with Crippen LogP contribution in [0.5, 0.6) is 0 Å². The van der Waals surface area contributed by atoms with E-state index in [-0.39, 0.29) is 6.54 Å². The lowest BCUT2D eigenvalue weighted by atomic mass is 9.95. The summed E-state index contributed by atoms with van der Waals surface area (Å²) in [4.78, 5) is 7.02. The van der Waals surface area contributed by atoms with E-state index in [4.69, 9.17) is 0 Å². The molecule has 1 atom stereocenters. The molecule has 1 heterocycles. The summed E-state index contributed by atoms with van der Waals surface area (Å²) in [5.74, 6) is -3.53. The van der Waals surface area contributed by atoms with Crippen LogP contribution >= 0.6 is 0 Å². The summed E-state index contributed by atoms with van der Waals surface area (Å²) < 4.78 is 76.0. The largest absolute Gasteiger partial charge is 0.402 e. The minimum absolute atomic E-state index is 0.0656. The molecule has 1 rings (SSSR count). The van der Waals surface area contributed by atoms with Gasteiger partial charge in [0.05, 0.1) is 11.7 Å². The Morgan fingerprint density at radius 2 is 1.68 bits per heavy atom. The van der Waals surface area contributed by atoms with E-state index in [9.17, 15) is 26.3 Å². The number of hydrogen-bond acceptors (Lipinski definition) is 3. The van der Waals surface area contributed by atoms with E-state index in [0.29, 0.717) is 0 Å². The van der Waals surface area contributed by atoms with Crippen molar-refractivity contribution in [1.82, 2.24) is 15.3 Å². The van der Waals surface area contributed by atoms with Crippen molar-refractivity contribution in [1.29, 1.82) is 0 Å². The molecule has 1 unspecified atom stereocenters. The summed E-state index contributed by atoms with van der Waals surface area (Å²) in [6, 6.07) is -2.02. The van der Waals surface area contributed by atoms with Crippen molar-refractivity contribution >= 4 is 0 Å². The van der Waals surface area contributed by atoms with Gasteiger partial charge in [0.1, 0.15) is 0 Å². The Kier molecular flexibility index (Phi) is 4.72. The molecule has 3 nitrogen and oxygen atoms in total. The highest BCUT2D eigenvalue weighted by Crippen LogP contribution is 2.45. The van der Waals surface area contributed by atoms with Gasteiger partial charge in [-0.05, 0) is 6.54 Å². The quantitative estimate of drug-likeness (QED) is 0.865. The molecule has 0 aliphatic carbocycles. The Balaban J connectivity index is 3.21. The van der Waals surface area contributed by atoms with E-state index < -0.39 is 30.0 Å². The van der Waals surface area contributed by atoms with Gasteiger partial charge in [-0.25, -0.2) is 0 Å². The molecule has 0 amide bonds. The van der Waals surface area contributed by atoms with Crippen molar-refractivity contribution in [2.45, 2.75) is 25.3 Å². The van der Waals surface area contributed by atoms with Gasteiger partial charge in [-0.2, -0.15) is 26.3 Å². The van der Waals surface area contributed by atoms with Gasteiger partial charge in [0, 0.05) is 18.6 Å². The summed E-state index contributed by atoms with van der Waals surface area (Å²) >= 11 is 0. The van der Waals surface area contributed by atoms with Crippen molar-refractivity contribution in [2.75, 3.05) is 6.54 Å². The lowest BCUT2D eigenvalue weighted by molar-refractivity contribution is -0.293. The van der Waals surface area contributed by atoms with Crippen molar-refractivity contribution in [2.24, 2.45) is 5.92 Å². The molecule has 1 N–H and O–H groups in total. The number of nitrogens with one attached hydrogen (secondary N) is 1. The zero-order valence-corrected chi connectivity index (χ0v) is 9.76. The fourth-order valence-corrected chi connectivity index (χ4v) is 1.65. The second-order valence-electron chi connectivity index (χ2n) is 3.73. The number of halogens is 6. The van der Waals surface area contributed by atoms with Crippen LogP contribution in [0.15, 0.2) is 18.6 Å². The van der Waals surface area contributed by atoms with Gasteiger partial charge in [-0.15, -0.1) is 0 Å². The molecule has 0 aliphatic heterocycles. The number of rotatable bonds is 4. The van der Waals surface area contributed by atoms with Gasteiger partial charge in [0.2, 0.25) is 0 Å². The molecule has 0 fully saturated rings. The van der Waals surface area contributed by atoms with Crippen LogP contribution in [0.3, 0.4) is 0 Å². The van der Waals surface area contributed by atoms with E-state index in [2.05, 4.69) is 15.3 Å². The Hall–Kier alpha value is -1.38. The summed E-state index contributed by atoms with van der Waals surface area (Å²) in [7, 11) is 0. The van der Waals surface area contributed by atoms with Crippen LogP contribution in [-0.2, 0) is 0 Å². The number of nitrogens with zero attached hydrogens (tertiary/aromatic N) is 2. The maximum absolute atomic E-state index is 12.7. The first kappa shape index (κ1) is 15.7. The highest BCUT2D eigenvalue weighted by atomic mass is 19.4. The fourth-order valence-electron chi connectivity index (χ4n) is 1.65. The third-order valence-electron chi connectivity index (χ3n) is 2.36. The van der Waals surface area contributed by atoms with Gasteiger partial charge in [0.25, 0.3) is 0 Å².